The molecule has 0 bridgehead atoms. The Balaban J connectivity index is 2.18. The van der Waals surface area contributed by atoms with Crippen LogP contribution >= 0.6 is 24.4 Å². The minimum atomic E-state index is 0.226. The molecule has 0 N–H and O–H groups in total. The number of hydrogen-bond donors (Lipinski definition) is 1. The molecule has 0 aromatic heterocycles. The Labute approximate surface area is 69.1 Å². The lowest BCUT2D eigenvalue weighted by molar-refractivity contribution is -0.137. The van der Waals surface area contributed by atoms with Gasteiger partial charge in [0.1, 0.15) is 0 Å². The van der Waals surface area contributed by atoms with Crippen molar-refractivity contribution in [3.05, 3.63) is 11.1 Å². The maximum atomic E-state index is 10.8. The number of carbonyl (C=O) groups excluding carboxylic acids is 1. The molecule has 0 aromatic carbocycles. The van der Waals surface area contributed by atoms with Gasteiger partial charge in [0.05, 0.1) is 11.8 Å². The summed E-state index contributed by atoms with van der Waals surface area (Å²) in [5, 5.41) is 0.420. The average Bonchev–Trinajstić information content (AvgIpc) is 1.92. The predicted octanol–water partition coefficient (Wildman–Crippen LogP) is 1.06. The number of thioether (sulfide) groups is 1. The molecule has 2 aliphatic rings. The van der Waals surface area contributed by atoms with Gasteiger partial charge in [-0.25, -0.2) is 0 Å². The van der Waals surface area contributed by atoms with E-state index >= 15 is 0 Å². The maximum Gasteiger partial charge on any atom is 0.230 e. The van der Waals surface area contributed by atoms with Gasteiger partial charge in [0.25, 0.3) is 0 Å². The van der Waals surface area contributed by atoms with Crippen LogP contribution in [0.2, 0.25) is 0 Å². The smallest absolute Gasteiger partial charge is 0.230 e. The third-order valence-electron chi connectivity index (χ3n) is 1.66. The van der Waals surface area contributed by atoms with E-state index < -0.39 is 0 Å². The lowest BCUT2D eigenvalue weighted by Crippen LogP contribution is -2.48. The van der Waals surface area contributed by atoms with Crippen LogP contribution in [-0.4, -0.2) is 21.9 Å². The summed E-state index contributed by atoms with van der Waals surface area (Å²) in [4.78, 5) is 13.6. The van der Waals surface area contributed by atoms with Gasteiger partial charge in [-0.1, -0.05) is 0 Å². The molecule has 0 aromatic rings. The van der Waals surface area contributed by atoms with Crippen LogP contribution in [0, 0.1) is 0 Å². The van der Waals surface area contributed by atoms with E-state index in [1.54, 1.807) is 16.7 Å². The summed E-state index contributed by atoms with van der Waals surface area (Å²) in [5.74, 6) is 1.18. The van der Waals surface area contributed by atoms with E-state index in [9.17, 15) is 4.79 Å². The van der Waals surface area contributed by atoms with Crippen LogP contribution in [0.1, 0.15) is 6.42 Å². The molecule has 1 amide bonds. The van der Waals surface area contributed by atoms with Gasteiger partial charge < -0.3 is 4.90 Å². The second-order valence-corrected chi connectivity index (χ2v) is 4.13. The van der Waals surface area contributed by atoms with Crippen LogP contribution in [0.5, 0.6) is 0 Å². The molecule has 2 heterocycles. The number of amides is 1. The molecule has 10 heavy (non-hydrogen) atoms. The van der Waals surface area contributed by atoms with Crippen LogP contribution < -0.4 is 0 Å². The maximum absolute atomic E-state index is 10.8. The van der Waals surface area contributed by atoms with Crippen molar-refractivity contribution in [2.75, 3.05) is 5.75 Å². The zero-order valence-corrected chi connectivity index (χ0v) is 6.99. The van der Waals surface area contributed by atoms with Gasteiger partial charge >= 0.3 is 0 Å². The minimum Gasteiger partial charge on any atom is -0.305 e. The standard InChI is InChI=1S/C6H7NOS2/c8-5-1-6-7(5)2-4(9)3-10-6/h2,6,9H,1,3H2. The highest BCUT2D eigenvalue weighted by molar-refractivity contribution is 8.01. The van der Waals surface area contributed by atoms with Crippen molar-refractivity contribution in [3.8, 4) is 0 Å². The third kappa shape index (κ3) is 0.864. The summed E-state index contributed by atoms with van der Waals surface area (Å²) in [7, 11) is 0. The van der Waals surface area contributed by atoms with Crippen molar-refractivity contribution in [2.24, 2.45) is 0 Å². The fourth-order valence-electron chi connectivity index (χ4n) is 1.08. The molecule has 54 valence electrons. The molecule has 0 spiro atoms. The van der Waals surface area contributed by atoms with Crippen molar-refractivity contribution in [1.29, 1.82) is 0 Å². The van der Waals surface area contributed by atoms with E-state index in [1.807, 2.05) is 6.20 Å². The minimum absolute atomic E-state index is 0.226. The molecule has 2 nitrogen and oxygen atoms in total. The van der Waals surface area contributed by atoms with Crippen molar-refractivity contribution in [2.45, 2.75) is 11.8 Å². The van der Waals surface area contributed by atoms with Crippen molar-refractivity contribution < 1.29 is 4.79 Å². The van der Waals surface area contributed by atoms with E-state index in [0.29, 0.717) is 11.8 Å². The van der Waals surface area contributed by atoms with Crippen molar-refractivity contribution >= 4 is 30.3 Å². The van der Waals surface area contributed by atoms with Crippen LogP contribution in [0.25, 0.3) is 0 Å². The first-order chi connectivity index (χ1) is 4.77. The quantitative estimate of drug-likeness (QED) is 0.437. The number of hydrogen-bond acceptors (Lipinski definition) is 3. The first-order valence-corrected chi connectivity index (χ1v) is 4.59. The molecule has 0 saturated carbocycles. The molecule has 0 radical (unpaired) electrons. The molecule has 1 saturated heterocycles. The molecular weight excluding hydrogens is 166 g/mol. The SMILES string of the molecule is O=C1CC2SCC(S)=CN12. The fraction of sp³-hybridized carbons (Fsp3) is 0.500. The second kappa shape index (κ2) is 2.20. The van der Waals surface area contributed by atoms with Gasteiger partial charge in [-0.2, -0.15) is 0 Å². The van der Waals surface area contributed by atoms with E-state index in [1.165, 1.54) is 0 Å². The predicted molar refractivity (Wildman–Crippen MR) is 44.8 cm³/mol. The molecular formula is C6H7NOS2. The Morgan fingerprint density at radius 2 is 2.60 bits per heavy atom. The highest BCUT2D eigenvalue weighted by atomic mass is 32.2. The summed E-state index contributed by atoms with van der Waals surface area (Å²) < 4.78 is 0. The Bertz CT molecular complexity index is 214. The van der Waals surface area contributed by atoms with E-state index in [2.05, 4.69) is 12.6 Å². The molecule has 0 aliphatic carbocycles. The van der Waals surface area contributed by atoms with E-state index in [0.717, 1.165) is 10.7 Å². The molecule has 1 fully saturated rings. The summed E-state index contributed by atoms with van der Waals surface area (Å²) >= 11 is 5.97. The first kappa shape index (κ1) is 6.61. The van der Waals surface area contributed by atoms with Gasteiger partial charge in [-0.15, -0.1) is 24.4 Å². The Morgan fingerprint density at radius 1 is 1.80 bits per heavy atom. The Kier molecular flexibility index (Phi) is 1.46. The monoisotopic (exact) mass is 173 g/mol. The largest absolute Gasteiger partial charge is 0.305 e. The summed E-state index contributed by atoms with van der Waals surface area (Å²) in [6.07, 6.45) is 2.55. The summed E-state index contributed by atoms with van der Waals surface area (Å²) in [6.45, 7) is 0. The summed E-state index contributed by atoms with van der Waals surface area (Å²) in [5.41, 5.74) is 0. The number of thiol groups is 1. The van der Waals surface area contributed by atoms with Crippen LogP contribution in [0.4, 0.5) is 0 Å². The number of carbonyl (C=O) groups is 1. The molecule has 2 aliphatic heterocycles. The van der Waals surface area contributed by atoms with Gasteiger partial charge in [0, 0.05) is 16.9 Å². The zero-order valence-electron chi connectivity index (χ0n) is 5.28. The zero-order chi connectivity index (χ0) is 7.14. The number of rotatable bonds is 0. The third-order valence-corrected chi connectivity index (χ3v) is 3.40. The highest BCUT2D eigenvalue weighted by Gasteiger charge is 2.37. The average molecular weight is 173 g/mol. The first-order valence-electron chi connectivity index (χ1n) is 3.10. The highest BCUT2D eigenvalue weighted by Crippen LogP contribution is 2.36. The van der Waals surface area contributed by atoms with Crippen LogP contribution in [-0.2, 0) is 4.79 Å². The van der Waals surface area contributed by atoms with Crippen LogP contribution in [0.3, 0.4) is 0 Å². The van der Waals surface area contributed by atoms with E-state index in [-0.39, 0.29) is 5.91 Å². The van der Waals surface area contributed by atoms with Crippen LogP contribution in [0.15, 0.2) is 11.1 Å². The number of β-lactam (4-membered cyclic amide) rings is 1. The van der Waals surface area contributed by atoms with Gasteiger partial charge in [0.15, 0.2) is 0 Å². The van der Waals surface area contributed by atoms with E-state index in [4.69, 9.17) is 0 Å². The molecule has 1 atom stereocenters. The lowest BCUT2D eigenvalue weighted by atomic mass is 10.2. The van der Waals surface area contributed by atoms with Gasteiger partial charge in [0.2, 0.25) is 5.91 Å². The normalized spacial score (nSPS) is 30.9. The number of fused-ring (bicyclic) bond motifs is 1. The molecule has 1 unspecified atom stereocenters. The topological polar surface area (TPSA) is 20.3 Å². The Morgan fingerprint density at radius 3 is 3.20 bits per heavy atom. The van der Waals surface area contributed by atoms with Crippen molar-refractivity contribution in [1.82, 2.24) is 4.90 Å². The Hall–Kier alpha value is -0.0900. The van der Waals surface area contributed by atoms with Crippen molar-refractivity contribution in [3.63, 3.8) is 0 Å². The summed E-state index contributed by atoms with van der Waals surface area (Å²) in [6, 6.07) is 0. The fourth-order valence-corrected chi connectivity index (χ4v) is 2.46. The molecule has 4 heteroatoms. The second-order valence-electron chi connectivity index (χ2n) is 2.39. The molecule has 2 rings (SSSR count). The number of nitrogens with zero attached hydrogens (tertiary/aromatic N) is 1. The van der Waals surface area contributed by atoms with Gasteiger partial charge in [-0.05, 0) is 0 Å². The van der Waals surface area contributed by atoms with Gasteiger partial charge in [-0.3, -0.25) is 4.79 Å². The lowest BCUT2D eigenvalue weighted by Gasteiger charge is -2.40.